The molecule has 0 unspecified atom stereocenters. The van der Waals surface area contributed by atoms with Crippen LogP contribution in [0.4, 0.5) is 17.8 Å². The molecular formula is C14H26N6S. The van der Waals surface area contributed by atoms with Crippen molar-refractivity contribution in [1.29, 1.82) is 0 Å². The van der Waals surface area contributed by atoms with Crippen molar-refractivity contribution in [3.63, 3.8) is 0 Å². The van der Waals surface area contributed by atoms with Gasteiger partial charge in [-0.1, -0.05) is 13.8 Å². The Morgan fingerprint density at radius 2 is 1.86 bits per heavy atom. The molecule has 2 rings (SSSR count). The van der Waals surface area contributed by atoms with Crippen LogP contribution < -0.4 is 16.0 Å². The second-order valence-electron chi connectivity index (χ2n) is 5.46. The van der Waals surface area contributed by atoms with Gasteiger partial charge in [0.1, 0.15) is 0 Å². The Balaban J connectivity index is 2.09. The molecule has 2 heterocycles. The Labute approximate surface area is 131 Å². The largest absolute Gasteiger partial charge is 0.368 e. The fourth-order valence-corrected chi connectivity index (χ4v) is 3.41. The Morgan fingerprint density at radius 3 is 2.43 bits per heavy atom. The maximum Gasteiger partial charge on any atom is 0.231 e. The van der Waals surface area contributed by atoms with Gasteiger partial charge in [-0.2, -0.15) is 26.7 Å². The van der Waals surface area contributed by atoms with Crippen LogP contribution in [0.3, 0.4) is 0 Å². The Morgan fingerprint density at radius 1 is 1.19 bits per heavy atom. The summed E-state index contributed by atoms with van der Waals surface area (Å²) in [7, 11) is 0. The maximum atomic E-state index is 5.83. The highest BCUT2D eigenvalue weighted by molar-refractivity contribution is 8.00. The molecule has 1 fully saturated rings. The van der Waals surface area contributed by atoms with E-state index >= 15 is 0 Å². The normalized spacial score (nSPS) is 15.5. The van der Waals surface area contributed by atoms with Crippen molar-refractivity contribution < 1.29 is 0 Å². The summed E-state index contributed by atoms with van der Waals surface area (Å²) in [6.07, 6.45) is 6.76. The lowest BCUT2D eigenvalue weighted by atomic mass is 10.0. The van der Waals surface area contributed by atoms with E-state index in [2.05, 4.69) is 45.3 Å². The van der Waals surface area contributed by atoms with Crippen LogP contribution in [0.1, 0.15) is 39.5 Å². The van der Waals surface area contributed by atoms with Crippen molar-refractivity contribution >= 4 is 29.6 Å². The fourth-order valence-electron chi connectivity index (χ4n) is 2.62. The second-order valence-corrected chi connectivity index (χ2v) is 6.73. The molecule has 0 radical (unpaired) electrons. The standard InChI is InChI=1S/C14H26N6S/c1-4-14(5-2,21-3)10-16-12-17-11(15)18-13(19-12)20-8-6-7-9-20/h4-10H2,1-3H3,(H3,15,16,17,18,19). The topological polar surface area (TPSA) is 80.0 Å². The van der Waals surface area contributed by atoms with Crippen molar-refractivity contribution in [3.05, 3.63) is 0 Å². The average molecular weight is 310 g/mol. The minimum Gasteiger partial charge on any atom is -0.368 e. The molecule has 0 spiro atoms. The van der Waals surface area contributed by atoms with E-state index in [1.54, 1.807) is 0 Å². The van der Waals surface area contributed by atoms with Gasteiger partial charge >= 0.3 is 0 Å². The van der Waals surface area contributed by atoms with Crippen LogP contribution in [-0.2, 0) is 0 Å². The monoisotopic (exact) mass is 310 g/mol. The molecule has 3 N–H and O–H groups in total. The first-order valence-corrected chi connectivity index (χ1v) is 8.90. The predicted octanol–water partition coefficient (Wildman–Crippen LogP) is 2.39. The van der Waals surface area contributed by atoms with Gasteiger partial charge in [0.05, 0.1) is 0 Å². The summed E-state index contributed by atoms with van der Waals surface area (Å²) in [5.41, 5.74) is 5.83. The number of nitrogens with two attached hydrogens (primary N) is 1. The van der Waals surface area contributed by atoms with E-state index in [4.69, 9.17) is 5.73 Å². The predicted molar refractivity (Wildman–Crippen MR) is 91.0 cm³/mol. The van der Waals surface area contributed by atoms with Crippen molar-refractivity contribution in [3.8, 4) is 0 Å². The first-order valence-electron chi connectivity index (χ1n) is 7.68. The van der Waals surface area contributed by atoms with E-state index in [9.17, 15) is 0 Å². The highest BCUT2D eigenvalue weighted by Crippen LogP contribution is 2.30. The lowest BCUT2D eigenvalue weighted by molar-refractivity contribution is 0.573. The third-order valence-corrected chi connectivity index (χ3v) is 5.91. The summed E-state index contributed by atoms with van der Waals surface area (Å²) in [5.74, 6) is 1.58. The molecule has 6 nitrogen and oxygen atoms in total. The van der Waals surface area contributed by atoms with E-state index in [1.165, 1.54) is 12.8 Å². The van der Waals surface area contributed by atoms with E-state index in [0.717, 1.165) is 32.5 Å². The van der Waals surface area contributed by atoms with Crippen LogP contribution in [0.5, 0.6) is 0 Å². The van der Waals surface area contributed by atoms with E-state index in [1.807, 2.05) is 11.8 Å². The highest BCUT2D eigenvalue weighted by atomic mass is 32.2. The Hall–Kier alpha value is -1.24. The van der Waals surface area contributed by atoms with Crippen molar-refractivity contribution in [1.82, 2.24) is 15.0 Å². The van der Waals surface area contributed by atoms with Gasteiger partial charge in [-0.25, -0.2) is 0 Å². The van der Waals surface area contributed by atoms with Crippen LogP contribution in [-0.4, -0.2) is 45.6 Å². The molecule has 1 aliphatic heterocycles. The molecule has 118 valence electrons. The second kappa shape index (κ2) is 7.15. The van der Waals surface area contributed by atoms with Crippen molar-refractivity contribution in [2.75, 3.05) is 41.8 Å². The number of nitrogens with one attached hydrogen (secondary N) is 1. The Bertz CT molecular complexity index is 449. The zero-order valence-electron chi connectivity index (χ0n) is 13.2. The maximum absolute atomic E-state index is 5.83. The van der Waals surface area contributed by atoms with Gasteiger partial charge in [-0.3, -0.25) is 0 Å². The van der Waals surface area contributed by atoms with E-state index in [0.29, 0.717) is 11.9 Å². The summed E-state index contributed by atoms with van der Waals surface area (Å²) < 4.78 is 0.217. The number of thioether (sulfide) groups is 1. The van der Waals surface area contributed by atoms with Crippen molar-refractivity contribution in [2.45, 2.75) is 44.3 Å². The molecule has 0 aliphatic carbocycles. The molecule has 7 heteroatoms. The number of hydrogen-bond donors (Lipinski definition) is 2. The zero-order valence-corrected chi connectivity index (χ0v) is 14.0. The molecule has 1 aromatic heterocycles. The molecule has 0 bridgehead atoms. The van der Waals surface area contributed by atoms with Crippen molar-refractivity contribution in [2.24, 2.45) is 0 Å². The molecule has 0 saturated carbocycles. The van der Waals surface area contributed by atoms with Gasteiger partial charge in [0.15, 0.2) is 0 Å². The van der Waals surface area contributed by atoms with Gasteiger partial charge in [0, 0.05) is 24.4 Å². The number of hydrogen-bond acceptors (Lipinski definition) is 7. The van der Waals surface area contributed by atoms with Crippen LogP contribution in [0.15, 0.2) is 0 Å². The number of aromatic nitrogens is 3. The smallest absolute Gasteiger partial charge is 0.231 e. The molecule has 0 atom stereocenters. The lowest BCUT2D eigenvalue weighted by Crippen LogP contribution is -2.32. The van der Waals surface area contributed by atoms with Gasteiger partial charge in [0.25, 0.3) is 0 Å². The number of nitrogen functional groups attached to an aromatic ring is 1. The average Bonchev–Trinajstić information content (AvgIpc) is 3.03. The van der Waals surface area contributed by atoms with E-state index < -0.39 is 0 Å². The highest BCUT2D eigenvalue weighted by Gasteiger charge is 2.25. The zero-order chi connectivity index (χ0) is 15.3. The minimum absolute atomic E-state index is 0.217. The molecule has 21 heavy (non-hydrogen) atoms. The molecule has 0 amide bonds. The SMILES string of the molecule is CCC(CC)(CNc1nc(N)nc(N2CCCC2)n1)SC. The van der Waals surface area contributed by atoms with Gasteiger partial charge in [-0.15, -0.1) is 0 Å². The fraction of sp³-hybridized carbons (Fsp3) is 0.786. The summed E-state index contributed by atoms with van der Waals surface area (Å²) in [4.78, 5) is 15.2. The first-order chi connectivity index (χ1) is 10.1. The first kappa shape index (κ1) is 16.1. The number of anilines is 3. The molecule has 1 aromatic rings. The van der Waals surface area contributed by atoms with Crippen LogP contribution >= 0.6 is 11.8 Å². The third-order valence-electron chi connectivity index (χ3n) is 4.32. The summed E-state index contributed by atoms with van der Waals surface area (Å²) >= 11 is 1.89. The Kier molecular flexibility index (Phi) is 5.50. The van der Waals surface area contributed by atoms with E-state index in [-0.39, 0.29) is 10.7 Å². The minimum atomic E-state index is 0.217. The molecule has 1 saturated heterocycles. The molecule has 0 aromatic carbocycles. The van der Waals surface area contributed by atoms with Crippen LogP contribution in [0.25, 0.3) is 0 Å². The third kappa shape index (κ3) is 3.90. The lowest BCUT2D eigenvalue weighted by Gasteiger charge is -2.29. The quantitative estimate of drug-likeness (QED) is 0.800. The van der Waals surface area contributed by atoms with Gasteiger partial charge < -0.3 is 16.0 Å². The van der Waals surface area contributed by atoms with Gasteiger partial charge in [0.2, 0.25) is 17.8 Å². The van der Waals surface area contributed by atoms with Crippen LogP contribution in [0.2, 0.25) is 0 Å². The summed E-state index contributed by atoms with van der Waals surface area (Å²) in [6, 6.07) is 0. The number of rotatable bonds is 7. The van der Waals surface area contributed by atoms with Crippen LogP contribution in [0, 0.1) is 0 Å². The molecular weight excluding hydrogens is 284 g/mol. The number of nitrogens with zero attached hydrogens (tertiary/aromatic N) is 4. The molecule has 1 aliphatic rings. The van der Waals surface area contributed by atoms with Gasteiger partial charge in [-0.05, 0) is 31.9 Å². The summed E-state index contributed by atoms with van der Waals surface area (Å²) in [6.45, 7) is 7.28. The summed E-state index contributed by atoms with van der Waals surface area (Å²) in [5, 5.41) is 3.35.